The minimum Gasteiger partial charge on any atom is -0.324 e. The molecule has 0 saturated heterocycles. The van der Waals surface area contributed by atoms with Gasteiger partial charge in [0, 0.05) is 10.5 Å². The molecular weight excluding hydrogens is 268 g/mol. The molecule has 1 aromatic carbocycles. The normalized spacial score (nSPS) is 17.4. The fourth-order valence-electron chi connectivity index (χ4n) is 1.48. The molecule has 1 aliphatic carbocycles. The van der Waals surface area contributed by atoms with Gasteiger partial charge in [0.2, 0.25) is 0 Å². The van der Waals surface area contributed by atoms with Crippen LogP contribution < -0.4 is 5.73 Å². The van der Waals surface area contributed by atoms with Crippen molar-refractivity contribution >= 4 is 28.3 Å². The Bertz CT molecular complexity index is 328. The molecule has 4 heteroatoms. The van der Waals surface area contributed by atoms with Crippen LogP contribution in [0.2, 0.25) is 0 Å². The fourth-order valence-corrected chi connectivity index (χ4v) is 2.10. The summed E-state index contributed by atoms with van der Waals surface area (Å²) in [6, 6.07) is 4.76. The summed E-state index contributed by atoms with van der Waals surface area (Å²) < 4.78 is 13.5. The molecule has 78 valence electrons. The van der Waals surface area contributed by atoms with Crippen LogP contribution in [0.5, 0.6) is 0 Å². The van der Waals surface area contributed by atoms with E-state index in [0.717, 1.165) is 10.0 Å². The SMILES string of the molecule is Cl.N[C@H](c1ccc(F)cc1Br)C1CC1. The van der Waals surface area contributed by atoms with Gasteiger partial charge in [-0.2, -0.15) is 0 Å². The summed E-state index contributed by atoms with van der Waals surface area (Å²) in [5, 5.41) is 0. The molecular formula is C10H12BrClFN. The molecule has 1 aromatic rings. The summed E-state index contributed by atoms with van der Waals surface area (Å²) in [7, 11) is 0. The Kier molecular flexibility index (Phi) is 3.93. The molecule has 0 radical (unpaired) electrons. The van der Waals surface area contributed by atoms with Crippen LogP contribution in [0.4, 0.5) is 4.39 Å². The van der Waals surface area contributed by atoms with Crippen LogP contribution in [0.3, 0.4) is 0 Å². The number of hydrogen-bond donors (Lipinski definition) is 1. The summed E-state index contributed by atoms with van der Waals surface area (Å²) in [5.74, 6) is 0.375. The zero-order chi connectivity index (χ0) is 9.42. The standard InChI is InChI=1S/C10H11BrFN.ClH/c11-9-5-7(12)3-4-8(9)10(13)6-1-2-6;/h3-6,10H,1-2,13H2;1H/t10-;/m0./s1. The summed E-state index contributed by atoms with van der Waals surface area (Å²) in [6.45, 7) is 0. The molecule has 1 aliphatic rings. The predicted molar refractivity (Wildman–Crippen MR) is 61.0 cm³/mol. The lowest BCUT2D eigenvalue weighted by Crippen LogP contribution is -2.12. The van der Waals surface area contributed by atoms with Crippen molar-refractivity contribution in [2.45, 2.75) is 18.9 Å². The Morgan fingerprint density at radius 2 is 2.07 bits per heavy atom. The Morgan fingerprint density at radius 1 is 1.43 bits per heavy atom. The van der Waals surface area contributed by atoms with Crippen LogP contribution in [0.15, 0.2) is 22.7 Å². The van der Waals surface area contributed by atoms with Crippen LogP contribution in [0, 0.1) is 11.7 Å². The van der Waals surface area contributed by atoms with E-state index in [-0.39, 0.29) is 24.3 Å². The first-order chi connectivity index (χ1) is 6.18. The predicted octanol–water partition coefficient (Wildman–Crippen LogP) is 3.42. The quantitative estimate of drug-likeness (QED) is 0.882. The van der Waals surface area contributed by atoms with Gasteiger partial charge in [-0.15, -0.1) is 12.4 Å². The van der Waals surface area contributed by atoms with E-state index in [0.29, 0.717) is 5.92 Å². The molecule has 0 unspecified atom stereocenters. The van der Waals surface area contributed by atoms with Gasteiger partial charge < -0.3 is 5.73 Å². The van der Waals surface area contributed by atoms with E-state index in [9.17, 15) is 4.39 Å². The lowest BCUT2D eigenvalue weighted by Gasteiger charge is -2.12. The number of hydrogen-bond acceptors (Lipinski definition) is 1. The summed E-state index contributed by atoms with van der Waals surface area (Å²) >= 11 is 3.32. The van der Waals surface area contributed by atoms with E-state index < -0.39 is 0 Å². The number of halogens is 3. The van der Waals surface area contributed by atoms with Crippen molar-refractivity contribution in [3.8, 4) is 0 Å². The molecule has 1 saturated carbocycles. The van der Waals surface area contributed by atoms with E-state index in [1.807, 2.05) is 0 Å². The van der Waals surface area contributed by atoms with Crippen molar-refractivity contribution in [1.29, 1.82) is 0 Å². The lowest BCUT2D eigenvalue weighted by molar-refractivity contribution is 0.610. The van der Waals surface area contributed by atoms with Gasteiger partial charge in [0.1, 0.15) is 5.82 Å². The third kappa shape index (κ3) is 2.47. The van der Waals surface area contributed by atoms with Gasteiger partial charge in [0.05, 0.1) is 0 Å². The highest BCUT2D eigenvalue weighted by Crippen LogP contribution is 2.41. The van der Waals surface area contributed by atoms with Crippen molar-refractivity contribution in [3.63, 3.8) is 0 Å². The molecule has 0 bridgehead atoms. The van der Waals surface area contributed by atoms with Gasteiger partial charge in [-0.1, -0.05) is 22.0 Å². The minimum absolute atomic E-state index is 0. The first-order valence-electron chi connectivity index (χ1n) is 4.39. The Morgan fingerprint density at radius 3 is 2.57 bits per heavy atom. The fraction of sp³-hybridized carbons (Fsp3) is 0.400. The Balaban J connectivity index is 0.000000980. The van der Waals surface area contributed by atoms with Crippen molar-refractivity contribution in [2.75, 3.05) is 0 Å². The van der Waals surface area contributed by atoms with Gasteiger partial charge in [0.15, 0.2) is 0 Å². The molecule has 0 aliphatic heterocycles. The van der Waals surface area contributed by atoms with Crippen LogP contribution in [-0.2, 0) is 0 Å². The second-order valence-electron chi connectivity index (χ2n) is 3.53. The van der Waals surface area contributed by atoms with Gasteiger partial charge >= 0.3 is 0 Å². The monoisotopic (exact) mass is 279 g/mol. The first-order valence-corrected chi connectivity index (χ1v) is 5.18. The number of benzene rings is 1. The average Bonchev–Trinajstić information content (AvgIpc) is 2.85. The number of rotatable bonds is 2. The zero-order valence-corrected chi connectivity index (χ0v) is 9.94. The average molecular weight is 281 g/mol. The highest BCUT2D eigenvalue weighted by Gasteiger charge is 2.30. The van der Waals surface area contributed by atoms with Crippen LogP contribution in [-0.4, -0.2) is 0 Å². The van der Waals surface area contributed by atoms with E-state index in [2.05, 4.69) is 15.9 Å². The Labute approximate surface area is 97.4 Å². The van der Waals surface area contributed by atoms with Gasteiger partial charge in [-0.25, -0.2) is 4.39 Å². The highest BCUT2D eigenvalue weighted by atomic mass is 79.9. The molecule has 14 heavy (non-hydrogen) atoms. The first kappa shape index (κ1) is 12.0. The maximum Gasteiger partial charge on any atom is 0.124 e. The van der Waals surface area contributed by atoms with Crippen molar-refractivity contribution in [1.82, 2.24) is 0 Å². The van der Waals surface area contributed by atoms with Gasteiger partial charge in [0.25, 0.3) is 0 Å². The van der Waals surface area contributed by atoms with E-state index in [4.69, 9.17) is 5.73 Å². The maximum absolute atomic E-state index is 12.8. The Hall–Kier alpha value is -0.120. The molecule has 1 nitrogen and oxygen atoms in total. The molecule has 0 spiro atoms. The topological polar surface area (TPSA) is 26.0 Å². The van der Waals surface area contributed by atoms with Gasteiger partial charge in [-0.3, -0.25) is 0 Å². The van der Waals surface area contributed by atoms with Crippen molar-refractivity contribution in [3.05, 3.63) is 34.1 Å². The van der Waals surface area contributed by atoms with E-state index in [1.165, 1.54) is 25.0 Å². The summed E-state index contributed by atoms with van der Waals surface area (Å²) in [5.41, 5.74) is 7.02. The molecule has 0 aromatic heterocycles. The molecule has 0 amide bonds. The molecule has 2 N–H and O–H groups in total. The molecule has 1 fully saturated rings. The highest BCUT2D eigenvalue weighted by molar-refractivity contribution is 9.10. The lowest BCUT2D eigenvalue weighted by atomic mass is 10.0. The van der Waals surface area contributed by atoms with Gasteiger partial charge in [-0.05, 0) is 36.5 Å². The molecule has 1 atom stereocenters. The van der Waals surface area contributed by atoms with Crippen LogP contribution in [0.25, 0.3) is 0 Å². The smallest absolute Gasteiger partial charge is 0.124 e. The van der Waals surface area contributed by atoms with Crippen molar-refractivity contribution in [2.24, 2.45) is 11.7 Å². The maximum atomic E-state index is 12.8. The summed E-state index contributed by atoms with van der Waals surface area (Å²) in [6.07, 6.45) is 2.40. The van der Waals surface area contributed by atoms with E-state index in [1.54, 1.807) is 6.07 Å². The second-order valence-corrected chi connectivity index (χ2v) is 4.38. The third-order valence-corrected chi connectivity index (χ3v) is 3.14. The van der Waals surface area contributed by atoms with Crippen LogP contribution >= 0.6 is 28.3 Å². The molecule has 2 rings (SSSR count). The van der Waals surface area contributed by atoms with Crippen LogP contribution in [0.1, 0.15) is 24.4 Å². The summed E-state index contributed by atoms with van der Waals surface area (Å²) in [4.78, 5) is 0. The largest absolute Gasteiger partial charge is 0.324 e. The van der Waals surface area contributed by atoms with E-state index >= 15 is 0 Å². The van der Waals surface area contributed by atoms with Crippen molar-refractivity contribution < 1.29 is 4.39 Å². The number of nitrogens with two attached hydrogens (primary N) is 1. The minimum atomic E-state index is -0.223. The zero-order valence-electron chi connectivity index (χ0n) is 7.54. The third-order valence-electron chi connectivity index (χ3n) is 2.45. The second kappa shape index (κ2) is 4.60. The molecule has 0 heterocycles.